The van der Waals surface area contributed by atoms with E-state index in [0.717, 1.165) is 0 Å². The summed E-state index contributed by atoms with van der Waals surface area (Å²) in [7, 11) is 0. The predicted molar refractivity (Wildman–Crippen MR) is 64.0 cm³/mol. The normalized spacial score (nSPS) is 12.8. The summed E-state index contributed by atoms with van der Waals surface area (Å²) in [5.74, 6) is 0.234. The molecule has 1 atom stereocenters. The zero-order valence-corrected chi connectivity index (χ0v) is 10.0. The van der Waals surface area contributed by atoms with Crippen LogP contribution in [0.25, 0.3) is 0 Å². The molecule has 1 rings (SSSR count). The number of hydrogen-bond donors (Lipinski definition) is 2. The van der Waals surface area contributed by atoms with E-state index in [2.05, 4.69) is 5.32 Å². The molecule has 0 fully saturated rings. The SMILES string of the molecule is CC(C)NC(=O)CC(CN)c1cccs1. The fourth-order valence-corrected chi connectivity index (χ4v) is 2.27. The van der Waals surface area contributed by atoms with Crippen LogP contribution in [0.3, 0.4) is 0 Å². The minimum atomic E-state index is 0.0776. The van der Waals surface area contributed by atoms with Crippen molar-refractivity contribution < 1.29 is 4.79 Å². The molecule has 3 N–H and O–H groups in total. The fourth-order valence-electron chi connectivity index (χ4n) is 1.43. The summed E-state index contributed by atoms with van der Waals surface area (Å²) in [4.78, 5) is 12.7. The molecule has 1 unspecified atom stereocenters. The Morgan fingerprint density at radius 2 is 2.33 bits per heavy atom. The number of amides is 1. The number of rotatable bonds is 5. The van der Waals surface area contributed by atoms with Gasteiger partial charge in [-0.25, -0.2) is 0 Å². The molecule has 84 valence electrons. The fraction of sp³-hybridized carbons (Fsp3) is 0.545. The summed E-state index contributed by atoms with van der Waals surface area (Å²) in [6, 6.07) is 4.22. The lowest BCUT2D eigenvalue weighted by atomic mass is 10.0. The van der Waals surface area contributed by atoms with Gasteiger partial charge in [0.15, 0.2) is 0 Å². The third-order valence-corrected chi connectivity index (χ3v) is 3.15. The maximum absolute atomic E-state index is 11.6. The van der Waals surface area contributed by atoms with E-state index in [4.69, 9.17) is 5.73 Å². The number of hydrogen-bond acceptors (Lipinski definition) is 3. The molecular weight excluding hydrogens is 208 g/mol. The van der Waals surface area contributed by atoms with Crippen molar-refractivity contribution in [1.82, 2.24) is 5.32 Å². The largest absolute Gasteiger partial charge is 0.354 e. The Balaban J connectivity index is 2.51. The van der Waals surface area contributed by atoms with Crippen molar-refractivity contribution in [1.29, 1.82) is 0 Å². The second-order valence-corrected chi connectivity index (χ2v) is 4.85. The van der Waals surface area contributed by atoms with Crippen molar-refractivity contribution in [3.8, 4) is 0 Å². The van der Waals surface area contributed by atoms with Gasteiger partial charge < -0.3 is 11.1 Å². The highest BCUT2D eigenvalue weighted by Gasteiger charge is 2.15. The van der Waals surface area contributed by atoms with E-state index in [1.165, 1.54) is 4.88 Å². The zero-order chi connectivity index (χ0) is 11.3. The average Bonchev–Trinajstić information content (AvgIpc) is 2.65. The summed E-state index contributed by atoms with van der Waals surface area (Å²) in [5.41, 5.74) is 5.67. The Bertz CT molecular complexity index is 296. The van der Waals surface area contributed by atoms with Crippen LogP contribution in [0, 0.1) is 0 Å². The first-order valence-electron chi connectivity index (χ1n) is 5.16. The lowest BCUT2D eigenvalue weighted by Gasteiger charge is -2.14. The highest BCUT2D eigenvalue weighted by atomic mass is 32.1. The van der Waals surface area contributed by atoms with Crippen LogP contribution in [0.5, 0.6) is 0 Å². The molecule has 1 aromatic heterocycles. The first-order chi connectivity index (χ1) is 7.13. The van der Waals surface area contributed by atoms with Crippen molar-refractivity contribution in [2.24, 2.45) is 5.73 Å². The number of nitrogens with two attached hydrogens (primary N) is 1. The van der Waals surface area contributed by atoms with Gasteiger partial charge in [-0.15, -0.1) is 11.3 Å². The maximum atomic E-state index is 11.6. The molecule has 0 saturated carbocycles. The van der Waals surface area contributed by atoms with E-state index >= 15 is 0 Å². The van der Waals surface area contributed by atoms with Crippen molar-refractivity contribution in [3.05, 3.63) is 22.4 Å². The van der Waals surface area contributed by atoms with E-state index < -0.39 is 0 Å². The van der Waals surface area contributed by atoms with Crippen LogP contribution in [0.4, 0.5) is 0 Å². The van der Waals surface area contributed by atoms with Crippen LogP contribution >= 0.6 is 11.3 Å². The van der Waals surface area contributed by atoms with Gasteiger partial charge in [-0.3, -0.25) is 4.79 Å². The quantitative estimate of drug-likeness (QED) is 0.803. The second kappa shape index (κ2) is 5.88. The smallest absolute Gasteiger partial charge is 0.220 e. The molecule has 0 bridgehead atoms. The van der Waals surface area contributed by atoms with Gasteiger partial charge >= 0.3 is 0 Å². The Kier molecular flexibility index (Phi) is 4.78. The molecule has 4 heteroatoms. The minimum Gasteiger partial charge on any atom is -0.354 e. The van der Waals surface area contributed by atoms with Crippen molar-refractivity contribution in [2.45, 2.75) is 32.2 Å². The third-order valence-electron chi connectivity index (χ3n) is 2.11. The molecule has 0 aromatic carbocycles. The molecule has 1 amide bonds. The van der Waals surface area contributed by atoms with Crippen LogP contribution < -0.4 is 11.1 Å². The molecule has 0 aliphatic heterocycles. The van der Waals surface area contributed by atoms with E-state index in [1.807, 2.05) is 31.4 Å². The van der Waals surface area contributed by atoms with Gasteiger partial charge in [0.2, 0.25) is 5.91 Å². The van der Waals surface area contributed by atoms with E-state index in [9.17, 15) is 4.79 Å². The first-order valence-corrected chi connectivity index (χ1v) is 6.04. The molecular formula is C11H18N2OS. The van der Waals surface area contributed by atoms with Gasteiger partial charge in [-0.05, 0) is 25.3 Å². The minimum absolute atomic E-state index is 0.0776. The predicted octanol–water partition coefficient (Wildman–Crippen LogP) is 1.71. The monoisotopic (exact) mass is 226 g/mol. The van der Waals surface area contributed by atoms with Crippen LogP contribution in [0.2, 0.25) is 0 Å². The van der Waals surface area contributed by atoms with E-state index in [-0.39, 0.29) is 17.9 Å². The molecule has 0 radical (unpaired) electrons. The Hall–Kier alpha value is -0.870. The van der Waals surface area contributed by atoms with E-state index in [1.54, 1.807) is 11.3 Å². The lowest BCUT2D eigenvalue weighted by molar-refractivity contribution is -0.121. The lowest BCUT2D eigenvalue weighted by Crippen LogP contribution is -2.32. The second-order valence-electron chi connectivity index (χ2n) is 3.87. The van der Waals surface area contributed by atoms with Gasteiger partial charge in [-0.1, -0.05) is 6.07 Å². The van der Waals surface area contributed by atoms with Crippen LogP contribution in [-0.2, 0) is 4.79 Å². The van der Waals surface area contributed by atoms with Crippen LogP contribution in [0.1, 0.15) is 31.1 Å². The summed E-state index contributed by atoms with van der Waals surface area (Å²) in [6.45, 7) is 4.44. The maximum Gasteiger partial charge on any atom is 0.220 e. The summed E-state index contributed by atoms with van der Waals surface area (Å²) in [6.07, 6.45) is 0.481. The standard InChI is InChI=1S/C11H18N2OS/c1-8(2)13-11(14)6-9(7-12)10-4-3-5-15-10/h3-5,8-9H,6-7,12H2,1-2H3,(H,13,14). The van der Waals surface area contributed by atoms with Crippen molar-refractivity contribution >= 4 is 17.2 Å². The topological polar surface area (TPSA) is 55.1 Å². The molecule has 0 aliphatic carbocycles. The summed E-state index contributed by atoms with van der Waals surface area (Å²) in [5, 5.41) is 4.89. The van der Waals surface area contributed by atoms with Crippen molar-refractivity contribution in [3.63, 3.8) is 0 Å². The van der Waals surface area contributed by atoms with Gasteiger partial charge in [0.25, 0.3) is 0 Å². The summed E-state index contributed by atoms with van der Waals surface area (Å²) >= 11 is 1.66. The molecule has 1 aromatic rings. The van der Waals surface area contributed by atoms with Crippen LogP contribution in [-0.4, -0.2) is 18.5 Å². The number of thiophene rings is 1. The van der Waals surface area contributed by atoms with Crippen LogP contribution in [0.15, 0.2) is 17.5 Å². The van der Waals surface area contributed by atoms with Crippen molar-refractivity contribution in [2.75, 3.05) is 6.54 Å². The number of carbonyl (C=O) groups excluding carboxylic acids is 1. The Morgan fingerprint density at radius 3 is 2.80 bits per heavy atom. The summed E-state index contributed by atoms with van der Waals surface area (Å²) < 4.78 is 0. The Labute approximate surface area is 94.7 Å². The van der Waals surface area contributed by atoms with Gasteiger partial charge in [0, 0.05) is 29.8 Å². The third kappa shape index (κ3) is 4.01. The first kappa shape index (κ1) is 12.2. The van der Waals surface area contributed by atoms with E-state index in [0.29, 0.717) is 13.0 Å². The van der Waals surface area contributed by atoms with Gasteiger partial charge in [-0.2, -0.15) is 0 Å². The Morgan fingerprint density at radius 1 is 1.60 bits per heavy atom. The molecule has 0 aliphatic rings. The highest BCUT2D eigenvalue weighted by Crippen LogP contribution is 2.23. The number of carbonyl (C=O) groups is 1. The molecule has 1 heterocycles. The average molecular weight is 226 g/mol. The zero-order valence-electron chi connectivity index (χ0n) is 9.19. The molecule has 0 saturated heterocycles. The molecule has 3 nitrogen and oxygen atoms in total. The van der Waals surface area contributed by atoms with Gasteiger partial charge in [0.1, 0.15) is 0 Å². The molecule has 15 heavy (non-hydrogen) atoms. The number of nitrogens with one attached hydrogen (secondary N) is 1. The van der Waals surface area contributed by atoms with Gasteiger partial charge in [0.05, 0.1) is 0 Å². The molecule has 0 spiro atoms. The highest BCUT2D eigenvalue weighted by molar-refractivity contribution is 7.10.